The standard InChI is InChI=1S/C30H40N8O2S/c1-7-22(35-41(40)30(4,5)6)27-21-17-37(29(39)20(21)16-26(32-27)36-15-9-10-18(36)2)24-12-8-11-23(31-24)28-34-33-25-14-13-19(3)38(25)28/h8,11-12,16,18-19,22,35H,7,9-10,13-15,17H2,1-6H3/t18-,19+,22-,41?/m1/s1. The fraction of sp³-hybridized carbons (Fsp3) is 0.567. The highest BCUT2D eigenvalue weighted by atomic mass is 32.2. The summed E-state index contributed by atoms with van der Waals surface area (Å²) < 4.78 is 18.2. The molecular formula is C30H40N8O2S. The molecule has 218 valence electrons. The Hall–Kier alpha value is -3.18. The van der Waals surface area contributed by atoms with Crippen molar-refractivity contribution in [1.82, 2.24) is 29.5 Å². The first kappa shape index (κ1) is 28.0. The van der Waals surface area contributed by atoms with Gasteiger partial charge in [-0.15, -0.1) is 10.2 Å². The van der Waals surface area contributed by atoms with Crippen LogP contribution in [0.4, 0.5) is 11.6 Å². The molecule has 3 aliphatic rings. The molecule has 1 unspecified atom stereocenters. The van der Waals surface area contributed by atoms with E-state index in [2.05, 4.69) is 45.2 Å². The Morgan fingerprint density at radius 1 is 1.10 bits per heavy atom. The van der Waals surface area contributed by atoms with Crippen LogP contribution >= 0.6 is 0 Å². The maximum atomic E-state index is 14.1. The zero-order valence-electron chi connectivity index (χ0n) is 24.8. The van der Waals surface area contributed by atoms with Gasteiger partial charge in [-0.2, -0.15) is 0 Å². The van der Waals surface area contributed by atoms with Gasteiger partial charge in [-0.05, 0) is 78.5 Å². The minimum Gasteiger partial charge on any atom is -0.354 e. The van der Waals surface area contributed by atoms with Gasteiger partial charge in [0.25, 0.3) is 5.91 Å². The van der Waals surface area contributed by atoms with E-state index in [1.54, 1.807) is 4.90 Å². The number of fused-ring (bicyclic) bond motifs is 2. The number of aryl methyl sites for hydroxylation is 1. The topological polar surface area (TPSA) is 109 Å². The predicted molar refractivity (Wildman–Crippen MR) is 161 cm³/mol. The van der Waals surface area contributed by atoms with Crippen molar-refractivity contribution in [2.45, 2.75) is 103 Å². The molecule has 3 aromatic rings. The Bertz CT molecular complexity index is 1510. The molecule has 41 heavy (non-hydrogen) atoms. The van der Waals surface area contributed by atoms with Crippen molar-refractivity contribution in [2.75, 3.05) is 16.3 Å². The molecule has 3 aliphatic heterocycles. The molecule has 1 saturated heterocycles. The lowest BCUT2D eigenvalue weighted by atomic mass is 10.0. The van der Waals surface area contributed by atoms with Crippen LogP contribution in [0.25, 0.3) is 11.5 Å². The summed E-state index contributed by atoms with van der Waals surface area (Å²) in [6.45, 7) is 13.6. The second-order valence-electron chi connectivity index (χ2n) is 12.5. The van der Waals surface area contributed by atoms with Gasteiger partial charge in [0.15, 0.2) is 5.82 Å². The Kier molecular flexibility index (Phi) is 7.22. The van der Waals surface area contributed by atoms with E-state index in [4.69, 9.17) is 9.97 Å². The number of rotatable bonds is 7. The third-order valence-corrected chi connectivity index (χ3v) is 10.2. The van der Waals surface area contributed by atoms with Crippen LogP contribution in [-0.2, 0) is 24.0 Å². The largest absolute Gasteiger partial charge is 0.354 e. The first-order valence-corrected chi connectivity index (χ1v) is 15.9. The van der Waals surface area contributed by atoms with E-state index in [9.17, 15) is 9.00 Å². The summed E-state index contributed by atoms with van der Waals surface area (Å²) in [6, 6.07) is 8.09. The quantitative estimate of drug-likeness (QED) is 0.426. The number of nitrogens with zero attached hydrogens (tertiary/aromatic N) is 7. The molecule has 6 heterocycles. The molecule has 0 radical (unpaired) electrons. The van der Waals surface area contributed by atoms with Crippen LogP contribution in [-0.4, -0.2) is 52.2 Å². The summed E-state index contributed by atoms with van der Waals surface area (Å²) in [5.41, 5.74) is 3.03. The second-order valence-corrected chi connectivity index (χ2v) is 14.5. The molecule has 1 fully saturated rings. The first-order chi connectivity index (χ1) is 19.6. The van der Waals surface area contributed by atoms with Crippen LogP contribution < -0.4 is 14.5 Å². The second kappa shape index (κ2) is 10.6. The number of hydrogen-bond acceptors (Lipinski definition) is 7. The van der Waals surface area contributed by atoms with Gasteiger partial charge < -0.3 is 9.47 Å². The van der Waals surface area contributed by atoms with E-state index in [1.807, 2.05) is 45.0 Å². The smallest absolute Gasteiger partial charge is 0.260 e. The minimum atomic E-state index is -1.29. The number of aromatic nitrogens is 5. The summed E-state index contributed by atoms with van der Waals surface area (Å²) in [5.74, 6) is 3.02. The van der Waals surface area contributed by atoms with E-state index in [-0.39, 0.29) is 11.9 Å². The molecule has 0 saturated carbocycles. The third-order valence-electron chi connectivity index (χ3n) is 8.56. The van der Waals surface area contributed by atoms with Crippen molar-refractivity contribution in [3.8, 4) is 11.5 Å². The van der Waals surface area contributed by atoms with Crippen molar-refractivity contribution in [3.63, 3.8) is 0 Å². The molecule has 1 amide bonds. The molecule has 0 bridgehead atoms. The van der Waals surface area contributed by atoms with Gasteiger partial charge >= 0.3 is 0 Å². The number of carbonyl (C=O) groups is 1. The normalized spacial score (nSPS) is 21.9. The van der Waals surface area contributed by atoms with Crippen molar-refractivity contribution in [1.29, 1.82) is 0 Å². The molecule has 10 nitrogen and oxygen atoms in total. The van der Waals surface area contributed by atoms with Gasteiger partial charge in [0.2, 0.25) is 0 Å². The van der Waals surface area contributed by atoms with E-state index < -0.39 is 15.7 Å². The summed E-state index contributed by atoms with van der Waals surface area (Å²) >= 11 is 0. The summed E-state index contributed by atoms with van der Waals surface area (Å²) in [4.78, 5) is 28.2. The van der Waals surface area contributed by atoms with Gasteiger partial charge in [-0.3, -0.25) is 9.69 Å². The lowest BCUT2D eigenvalue weighted by Gasteiger charge is -2.27. The molecule has 6 rings (SSSR count). The molecule has 0 spiro atoms. The number of hydrogen-bond donors (Lipinski definition) is 1. The maximum absolute atomic E-state index is 14.1. The van der Waals surface area contributed by atoms with Crippen molar-refractivity contribution in [3.05, 3.63) is 46.9 Å². The number of anilines is 2. The Balaban J connectivity index is 1.39. The summed E-state index contributed by atoms with van der Waals surface area (Å²) in [7, 11) is -1.29. The van der Waals surface area contributed by atoms with Crippen molar-refractivity contribution >= 4 is 28.5 Å². The Morgan fingerprint density at radius 2 is 1.90 bits per heavy atom. The highest BCUT2D eigenvalue weighted by Crippen LogP contribution is 2.37. The van der Waals surface area contributed by atoms with E-state index in [0.29, 0.717) is 42.1 Å². The Morgan fingerprint density at radius 3 is 2.61 bits per heavy atom. The molecule has 1 N–H and O–H groups in total. The maximum Gasteiger partial charge on any atom is 0.260 e. The van der Waals surface area contributed by atoms with Gasteiger partial charge in [0.05, 0.1) is 39.6 Å². The summed E-state index contributed by atoms with van der Waals surface area (Å²) in [6.07, 6.45) is 4.84. The van der Waals surface area contributed by atoms with Crippen LogP contribution in [0.1, 0.15) is 107 Å². The number of nitrogens with one attached hydrogen (secondary N) is 1. The van der Waals surface area contributed by atoms with Gasteiger partial charge in [0.1, 0.15) is 23.2 Å². The lowest BCUT2D eigenvalue weighted by molar-refractivity contribution is 0.0996. The molecule has 4 atom stereocenters. The van der Waals surface area contributed by atoms with E-state index in [1.165, 1.54) is 0 Å². The number of carbonyl (C=O) groups excluding carboxylic acids is 1. The van der Waals surface area contributed by atoms with Crippen LogP contribution in [0.3, 0.4) is 0 Å². The third kappa shape index (κ3) is 4.97. The van der Waals surface area contributed by atoms with Gasteiger partial charge in [-0.1, -0.05) is 13.0 Å². The zero-order valence-corrected chi connectivity index (χ0v) is 25.7. The van der Waals surface area contributed by atoms with Crippen molar-refractivity contribution in [2.24, 2.45) is 0 Å². The fourth-order valence-corrected chi connectivity index (χ4v) is 7.03. The average molecular weight is 577 g/mol. The molecule has 3 aromatic heterocycles. The zero-order chi connectivity index (χ0) is 29.1. The molecule has 0 aromatic carbocycles. The van der Waals surface area contributed by atoms with Crippen LogP contribution in [0.15, 0.2) is 24.3 Å². The average Bonchev–Trinajstić information content (AvgIpc) is 3.72. The van der Waals surface area contributed by atoms with Crippen LogP contribution in [0, 0.1) is 0 Å². The molecule has 11 heteroatoms. The number of amides is 1. The highest BCUT2D eigenvalue weighted by molar-refractivity contribution is 7.84. The van der Waals surface area contributed by atoms with Crippen LogP contribution in [0.2, 0.25) is 0 Å². The molecular weight excluding hydrogens is 536 g/mol. The van der Waals surface area contributed by atoms with Gasteiger partial charge in [0, 0.05) is 30.6 Å². The summed E-state index contributed by atoms with van der Waals surface area (Å²) in [5, 5.41) is 8.82. The highest BCUT2D eigenvalue weighted by Gasteiger charge is 2.37. The Labute approximate surface area is 244 Å². The van der Waals surface area contributed by atoms with Gasteiger partial charge in [-0.25, -0.2) is 18.9 Å². The van der Waals surface area contributed by atoms with Crippen LogP contribution in [0.5, 0.6) is 0 Å². The minimum absolute atomic E-state index is 0.0898. The fourth-order valence-electron chi connectivity index (χ4n) is 6.14. The van der Waals surface area contributed by atoms with E-state index in [0.717, 1.165) is 61.0 Å². The SMILES string of the molecule is CC[C@@H](NS(=O)C(C)(C)C)c1nc(N2CCC[C@H]2C)cc2c1CN(c1cccc(-c3nnc4n3[C@@H](C)CC4)n1)C2=O. The predicted octanol–water partition coefficient (Wildman–Crippen LogP) is 4.89. The lowest BCUT2D eigenvalue weighted by Crippen LogP contribution is -2.36. The first-order valence-electron chi connectivity index (χ1n) is 14.8. The monoisotopic (exact) mass is 576 g/mol. The molecule has 0 aliphatic carbocycles. The number of pyridine rings is 2. The van der Waals surface area contributed by atoms with Crippen molar-refractivity contribution < 1.29 is 9.00 Å². The van der Waals surface area contributed by atoms with E-state index >= 15 is 0 Å².